The van der Waals surface area contributed by atoms with E-state index in [1.165, 1.54) is 11.3 Å². The molecular weight excluding hydrogens is 696 g/mol. The molecular formula is C37H31BrN2O5S2. The van der Waals surface area contributed by atoms with Gasteiger partial charge in [-0.2, -0.15) is 0 Å². The van der Waals surface area contributed by atoms with E-state index in [4.69, 9.17) is 19.2 Å². The maximum absolute atomic E-state index is 14.4. The zero-order valence-electron chi connectivity index (χ0n) is 25.9. The summed E-state index contributed by atoms with van der Waals surface area (Å²) in [6.07, 6.45) is 3.80. The average molecular weight is 728 g/mol. The highest BCUT2D eigenvalue weighted by Gasteiger charge is 2.35. The first-order valence-electron chi connectivity index (χ1n) is 14.9. The van der Waals surface area contributed by atoms with E-state index in [9.17, 15) is 9.59 Å². The third kappa shape index (κ3) is 6.86. The second kappa shape index (κ2) is 14.6. The van der Waals surface area contributed by atoms with Gasteiger partial charge in [0, 0.05) is 20.5 Å². The van der Waals surface area contributed by atoms with Crippen molar-refractivity contribution in [2.24, 2.45) is 4.99 Å². The zero-order chi connectivity index (χ0) is 32.9. The number of nitrogens with zero attached hydrogens (tertiary/aromatic N) is 2. The molecule has 7 nitrogen and oxygen atoms in total. The Morgan fingerprint density at radius 1 is 1.00 bits per heavy atom. The fraction of sp³-hybridized carbons (Fsp3) is 0.162. The van der Waals surface area contributed by atoms with Gasteiger partial charge in [-0.1, -0.05) is 94.0 Å². The molecule has 0 unspecified atom stereocenters. The van der Waals surface area contributed by atoms with Crippen molar-refractivity contribution >= 4 is 56.8 Å². The lowest BCUT2D eigenvalue weighted by Gasteiger charge is -2.26. The number of carbonyl (C=O) groups is 1. The number of halogens is 1. The molecule has 0 radical (unpaired) electrons. The van der Waals surface area contributed by atoms with Gasteiger partial charge in [0.1, 0.15) is 6.61 Å². The maximum atomic E-state index is 14.4. The molecule has 0 bridgehead atoms. The molecule has 1 aliphatic rings. The molecule has 4 aromatic carbocycles. The van der Waals surface area contributed by atoms with Crippen LogP contribution in [0.3, 0.4) is 0 Å². The van der Waals surface area contributed by atoms with E-state index in [0.717, 1.165) is 26.1 Å². The van der Waals surface area contributed by atoms with Crippen LogP contribution in [0.15, 0.2) is 122 Å². The fourth-order valence-corrected chi connectivity index (χ4v) is 7.05. The van der Waals surface area contributed by atoms with Crippen LogP contribution >= 0.6 is 39.0 Å². The minimum absolute atomic E-state index is 0.186. The summed E-state index contributed by atoms with van der Waals surface area (Å²) in [6, 6.07) is 30.1. The minimum Gasteiger partial charge on any atom is -0.493 e. The van der Waals surface area contributed by atoms with Crippen molar-refractivity contribution in [1.29, 1.82) is 0 Å². The largest absolute Gasteiger partial charge is 0.493 e. The van der Waals surface area contributed by atoms with E-state index in [2.05, 4.69) is 15.9 Å². The van der Waals surface area contributed by atoms with Crippen molar-refractivity contribution in [3.05, 3.63) is 149 Å². The van der Waals surface area contributed by atoms with E-state index in [-0.39, 0.29) is 12.2 Å². The predicted octanol–water partition coefficient (Wildman–Crippen LogP) is 7.01. The van der Waals surface area contributed by atoms with Gasteiger partial charge in [0.05, 0.1) is 35.6 Å². The number of hydrogen-bond donors (Lipinski definition) is 0. The topological polar surface area (TPSA) is 79.1 Å². The Hall–Kier alpha value is -4.38. The summed E-state index contributed by atoms with van der Waals surface area (Å²) >= 11 is 6.36. The van der Waals surface area contributed by atoms with E-state index < -0.39 is 12.0 Å². The first-order chi connectivity index (χ1) is 22.9. The van der Waals surface area contributed by atoms with E-state index in [1.54, 1.807) is 36.4 Å². The maximum Gasteiger partial charge on any atom is 0.338 e. The monoisotopic (exact) mass is 726 g/mol. The van der Waals surface area contributed by atoms with Crippen LogP contribution in [0, 0.1) is 0 Å². The van der Waals surface area contributed by atoms with Crippen LogP contribution in [-0.2, 0) is 16.1 Å². The molecule has 2 heterocycles. The van der Waals surface area contributed by atoms with Gasteiger partial charge in [-0.05, 0) is 60.7 Å². The fourth-order valence-electron chi connectivity index (χ4n) is 5.38. The second-order valence-corrected chi connectivity index (χ2v) is 13.3. The van der Waals surface area contributed by atoms with Crippen LogP contribution in [0.1, 0.15) is 35.2 Å². The molecule has 0 fully saturated rings. The van der Waals surface area contributed by atoms with Crippen molar-refractivity contribution in [2.75, 3.05) is 20.0 Å². The van der Waals surface area contributed by atoms with Crippen molar-refractivity contribution in [1.82, 2.24) is 4.57 Å². The SMILES string of the molecule is CCOC(=O)C1=C(c2ccccc2)N=c2s/c(=C\c3cccc(OC)c3OCc3ccc(Br)cc3)c(=O)n2[C@H]1c1ccc(SC)cc1. The van der Waals surface area contributed by atoms with Gasteiger partial charge in [-0.15, -0.1) is 11.8 Å². The quantitative estimate of drug-likeness (QED) is 0.114. The number of carbonyl (C=O) groups excluding carboxylic acids is 1. The lowest BCUT2D eigenvalue weighted by molar-refractivity contribution is -0.138. The Kier molecular flexibility index (Phi) is 10.1. The van der Waals surface area contributed by atoms with Gasteiger partial charge in [0.2, 0.25) is 0 Å². The number of methoxy groups -OCH3 is 1. The molecule has 1 aliphatic heterocycles. The summed E-state index contributed by atoms with van der Waals surface area (Å²) in [6.45, 7) is 2.26. The van der Waals surface area contributed by atoms with Gasteiger partial charge in [-0.3, -0.25) is 9.36 Å². The van der Waals surface area contributed by atoms with Crippen LogP contribution in [0.25, 0.3) is 11.8 Å². The molecule has 0 aliphatic carbocycles. The standard InChI is InChI=1S/C37H31BrN2O5S2/c1-4-44-36(42)31-32(24-9-6-5-7-10-24)39-37-40(33(31)25-15-19-28(46-3)20-16-25)35(41)30(47-37)21-26-11-8-12-29(43-2)34(26)45-22-23-13-17-27(38)18-14-23/h5-21,33H,4,22H2,1-3H3/b30-21-/t33-/m0/s1. The van der Waals surface area contributed by atoms with Crippen LogP contribution in [0.4, 0.5) is 0 Å². The van der Waals surface area contributed by atoms with E-state index in [1.807, 2.05) is 103 Å². The van der Waals surface area contributed by atoms with E-state index >= 15 is 0 Å². The number of thiazole rings is 1. The van der Waals surface area contributed by atoms with Crippen molar-refractivity contribution < 1.29 is 19.0 Å². The molecule has 0 saturated heterocycles. The molecule has 0 spiro atoms. The third-order valence-corrected chi connectivity index (χ3v) is 9.87. The Balaban J connectivity index is 1.54. The molecule has 238 valence electrons. The van der Waals surface area contributed by atoms with Crippen molar-refractivity contribution in [3.63, 3.8) is 0 Å². The van der Waals surface area contributed by atoms with Gasteiger partial charge in [-0.25, -0.2) is 9.79 Å². The highest BCUT2D eigenvalue weighted by molar-refractivity contribution is 9.10. The molecule has 5 aromatic rings. The van der Waals surface area contributed by atoms with Gasteiger partial charge >= 0.3 is 5.97 Å². The number of fused-ring (bicyclic) bond motifs is 1. The summed E-state index contributed by atoms with van der Waals surface area (Å²) in [5, 5.41) is 0. The number of benzene rings is 4. The number of esters is 1. The summed E-state index contributed by atoms with van der Waals surface area (Å²) in [4.78, 5) is 34.6. The molecule has 0 saturated carbocycles. The van der Waals surface area contributed by atoms with Gasteiger partial charge in [0.25, 0.3) is 5.56 Å². The molecule has 0 amide bonds. The highest BCUT2D eigenvalue weighted by atomic mass is 79.9. The Morgan fingerprint density at radius 2 is 1.74 bits per heavy atom. The average Bonchev–Trinajstić information content (AvgIpc) is 3.41. The zero-order valence-corrected chi connectivity index (χ0v) is 29.2. The summed E-state index contributed by atoms with van der Waals surface area (Å²) < 4.78 is 20.6. The molecule has 0 N–H and O–H groups in total. The van der Waals surface area contributed by atoms with Crippen LogP contribution in [-0.4, -0.2) is 30.5 Å². The highest BCUT2D eigenvalue weighted by Crippen LogP contribution is 2.36. The third-order valence-electron chi connectivity index (χ3n) is 7.62. The van der Waals surface area contributed by atoms with E-state index in [0.29, 0.717) is 44.3 Å². The van der Waals surface area contributed by atoms with Crippen LogP contribution in [0.2, 0.25) is 0 Å². The number of hydrogen-bond acceptors (Lipinski definition) is 8. The van der Waals surface area contributed by atoms with Gasteiger partial charge in [0.15, 0.2) is 16.3 Å². The molecule has 47 heavy (non-hydrogen) atoms. The molecule has 1 aromatic heterocycles. The molecule has 6 rings (SSSR count). The first-order valence-corrected chi connectivity index (χ1v) is 17.7. The van der Waals surface area contributed by atoms with Crippen LogP contribution < -0.4 is 24.4 Å². The smallest absolute Gasteiger partial charge is 0.338 e. The summed E-state index contributed by atoms with van der Waals surface area (Å²) in [5.41, 5.74) is 3.72. The minimum atomic E-state index is -0.753. The number of ether oxygens (including phenoxy) is 3. The van der Waals surface area contributed by atoms with Crippen LogP contribution in [0.5, 0.6) is 11.5 Å². The molecule has 1 atom stereocenters. The number of para-hydroxylation sites is 1. The Morgan fingerprint density at radius 3 is 2.43 bits per heavy atom. The summed E-state index contributed by atoms with van der Waals surface area (Å²) in [7, 11) is 1.59. The number of thioether (sulfide) groups is 1. The lowest BCUT2D eigenvalue weighted by Crippen LogP contribution is -2.40. The van der Waals surface area contributed by atoms with Crippen molar-refractivity contribution in [3.8, 4) is 11.5 Å². The number of rotatable bonds is 10. The summed E-state index contributed by atoms with van der Waals surface area (Å²) in [5.74, 6) is 0.552. The molecule has 10 heteroatoms. The van der Waals surface area contributed by atoms with Crippen molar-refractivity contribution in [2.45, 2.75) is 24.5 Å². The number of aromatic nitrogens is 1. The normalized spacial score (nSPS) is 14.4. The Labute approximate surface area is 289 Å². The predicted molar refractivity (Wildman–Crippen MR) is 191 cm³/mol. The van der Waals surface area contributed by atoms with Gasteiger partial charge < -0.3 is 14.2 Å². The Bertz CT molecular complexity index is 2120. The first kappa shape index (κ1) is 32.6. The lowest BCUT2D eigenvalue weighted by atomic mass is 9.93. The second-order valence-electron chi connectivity index (χ2n) is 10.5.